The molecule has 5 nitrogen and oxygen atoms in total. The van der Waals surface area contributed by atoms with E-state index in [9.17, 15) is 14.0 Å². The highest BCUT2D eigenvalue weighted by molar-refractivity contribution is 5.92. The Hall–Kier alpha value is -1.95. The molecule has 0 heterocycles. The van der Waals surface area contributed by atoms with Crippen LogP contribution in [0.2, 0.25) is 0 Å². The van der Waals surface area contributed by atoms with Crippen molar-refractivity contribution in [1.82, 2.24) is 10.2 Å². The zero-order valence-corrected chi connectivity index (χ0v) is 14.3. The summed E-state index contributed by atoms with van der Waals surface area (Å²) in [4.78, 5) is 26.4. The van der Waals surface area contributed by atoms with E-state index in [0.717, 1.165) is 6.54 Å². The van der Waals surface area contributed by atoms with Gasteiger partial charge in [0, 0.05) is 24.9 Å². The molecule has 0 atom stereocenters. The van der Waals surface area contributed by atoms with E-state index in [1.54, 1.807) is 18.2 Å². The summed E-state index contributed by atoms with van der Waals surface area (Å²) in [6.07, 6.45) is 2.71. The predicted octanol–water partition coefficient (Wildman–Crippen LogP) is 2.25. The third-order valence-electron chi connectivity index (χ3n) is 4.46. The van der Waals surface area contributed by atoms with Crippen LogP contribution >= 0.6 is 0 Å². The molecule has 1 saturated carbocycles. The molecule has 0 aromatic heterocycles. The molecule has 0 bridgehead atoms. The van der Waals surface area contributed by atoms with Gasteiger partial charge in [-0.15, -0.1) is 0 Å². The third kappa shape index (κ3) is 5.30. The molecule has 1 aliphatic rings. The Morgan fingerprint density at radius 2 is 1.67 bits per heavy atom. The second-order valence-corrected chi connectivity index (χ2v) is 6.61. The molecular weight excluding hydrogens is 309 g/mol. The SMILES string of the molecule is CN(C)CCNC(=O)C1CCC(C(=O)Nc2ccccc2F)CC1. The maximum Gasteiger partial charge on any atom is 0.227 e. The van der Waals surface area contributed by atoms with Crippen LogP contribution in [0, 0.1) is 17.7 Å². The summed E-state index contributed by atoms with van der Waals surface area (Å²) in [6.45, 7) is 1.45. The molecular formula is C18H26FN3O2. The number of para-hydroxylation sites is 1. The van der Waals surface area contributed by atoms with Crippen LogP contribution in [0.5, 0.6) is 0 Å². The quantitative estimate of drug-likeness (QED) is 0.838. The number of nitrogens with zero attached hydrogens (tertiary/aromatic N) is 1. The molecule has 0 aliphatic heterocycles. The van der Waals surface area contributed by atoms with E-state index >= 15 is 0 Å². The van der Waals surface area contributed by atoms with Gasteiger partial charge >= 0.3 is 0 Å². The number of amides is 2. The van der Waals surface area contributed by atoms with Gasteiger partial charge in [0.25, 0.3) is 0 Å². The van der Waals surface area contributed by atoms with E-state index in [2.05, 4.69) is 10.6 Å². The molecule has 2 rings (SSSR count). The number of hydrogen-bond donors (Lipinski definition) is 2. The molecule has 0 unspecified atom stereocenters. The van der Waals surface area contributed by atoms with Crippen molar-refractivity contribution in [2.24, 2.45) is 11.8 Å². The molecule has 24 heavy (non-hydrogen) atoms. The van der Waals surface area contributed by atoms with Gasteiger partial charge in [-0.1, -0.05) is 12.1 Å². The average Bonchev–Trinajstić information content (AvgIpc) is 2.56. The Morgan fingerprint density at radius 3 is 2.25 bits per heavy atom. The van der Waals surface area contributed by atoms with Gasteiger partial charge in [0.1, 0.15) is 5.82 Å². The van der Waals surface area contributed by atoms with E-state index < -0.39 is 5.82 Å². The summed E-state index contributed by atoms with van der Waals surface area (Å²) < 4.78 is 13.6. The number of halogens is 1. The number of carbonyl (C=O) groups is 2. The first-order valence-corrected chi connectivity index (χ1v) is 8.45. The second-order valence-electron chi connectivity index (χ2n) is 6.61. The van der Waals surface area contributed by atoms with Crippen LogP contribution in [0.25, 0.3) is 0 Å². The van der Waals surface area contributed by atoms with Crippen molar-refractivity contribution < 1.29 is 14.0 Å². The maximum absolute atomic E-state index is 13.6. The van der Waals surface area contributed by atoms with E-state index in [1.165, 1.54) is 6.07 Å². The van der Waals surface area contributed by atoms with Gasteiger partial charge < -0.3 is 15.5 Å². The van der Waals surface area contributed by atoms with E-state index in [4.69, 9.17) is 0 Å². The topological polar surface area (TPSA) is 61.4 Å². The summed E-state index contributed by atoms with van der Waals surface area (Å²) in [5, 5.41) is 5.60. The average molecular weight is 335 g/mol. The highest BCUT2D eigenvalue weighted by atomic mass is 19.1. The predicted molar refractivity (Wildman–Crippen MR) is 92.0 cm³/mol. The van der Waals surface area contributed by atoms with Crippen LogP contribution in [0.1, 0.15) is 25.7 Å². The lowest BCUT2D eigenvalue weighted by Gasteiger charge is -2.27. The molecule has 0 saturated heterocycles. The van der Waals surface area contributed by atoms with Gasteiger partial charge in [0.15, 0.2) is 0 Å². The van der Waals surface area contributed by atoms with Gasteiger partial charge in [-0.25, -0.2) is 4.39 Å². The number of anilines is 1. The van der Waals surface area contributed by atoms with Crippen LogP contribution in [0.15, 0.2) is 24.3 Å². The van der Waals surface area contributed by atoms with Crippen LogP contribution in [0.4, 0.5) is 10.1 Å². The normalized spacial score (nSPS) is 20.7. The number of carbonyl (C=O) groups excluding carboxylic acids is 2. The molecule has 1 aromatic rings. The Balaban J connectivity index is 1.76. The van der Waals surface area contributed by atoms with Gasteiger partial charge in [0.2, 0.25) is 11.8 Å². The molecule has 1 fully saturated rings. The molecule has 0 spiro atoms. The molecule has 2 N–H and O–H groups in total. The highest BCUT2D eigenvalue weighted by Gasteiger charge is 2.30. The standard InChI is InChI=1S/C18H26FN3O2/c1-22(2)12-11-20-17(23)13-7-9-14(10-8-13)18(24)21-16-6-4-3-5-15(16)19/h3-6,13-14H,7-12H2,1-2H3,(H,20,23)(H,21,24). The van der Waals surface area contributed by atoms with Gasteiger partial charge in [-0.2, -0.15) is 0 Å². The summed E-state index contributed by atoms with van der Waals surface area (Å²) in [7, 11) is 3.93. The van der Waals surface area contributed by atoms with Gasteiger partial charge in [-0.05, 0) is 51.9 Å². The lowest BCUT2D eigenvalue weighted by atomic mass is 9.81. The fraction of sp³-hybridized carbons (Fsp3) is 0.556. The number of nitrogens with one attached hydrogen (secondary N) is 2. The number of benzene rings is 1. The largest absolute Gasteiger partial charge is 0.355 e. The van der Waals surface area contributed by atoms with Crippen molar-refractivity contribution in [1.29, 1.82) is 0 Å². The highest BCUT2D eigenvalue weighted by Crippen LogP contribution is 2.30. The van der Waals surface area contributed by atoms with Crippen molar-refractivity contribution in [3.63, 3.8) is 0 Å². The van der Waals surface area contributed by atoms with Gasteiger partial charge in [-0.3, -0.25) is 9.59 Å². The van der Waals surface area contributed by atoms with E-state index in [-0.39, 0.29) is 29.3 Å². The Kier molecular flexibility index (Phi) is 6.73. The van der Waals surface area contributed by atoms with E-state index in [1.807, 2.05) is 19.0 Å². The minimum Gasteiger partial charge on any atom is -0.355 e. The second kappa shape index (κ2) is 8.78. The van der Waals surface area contributed by atoms with Gasteiger partial charge in [0.05, 0.1) is 5.69 Å². The van der Waals surface area contributed by atoms with Crippen molar-refractivity contribution in [2.75, 3.05) is 32.5 Å². The summed E-state index contributed by atoms with van der Waals surface area (Å²) in [5.41, 5.74) is 0.214. The lowest BCUT2D eigenvalue weighted by molar-refractivity contribution is -0.128. The Morgan fingerprint density at radius 1 is 1.08 bits per heavy atom. The van der Waals surface area contributed by atoms with E-state index in [0.29, 0.717) is 32.2 Å². The van der Waals surface area contributed by atoms with Crippen LogP contribution in [-0.4, -0.2) is 43.9 Å². The minimum absolute atomic E-state index is 0.0235. The van der Waals surface area contributed by atoms with Crippen molar-refractivity contribution in [3.8, 4) is 0 Å². The first-order chi connectivity index (χ1) is 11.5. The Bertz CT molecular complexity index is 569. The first kappa shape index (κ1) is 18.4. The Labute approximate surface area is 142 Å². The fourth-order valence-electron chi connectivity index (χ4n) is 2.96. The summed E-state index contributed by atoms with van der Waals surface area (Å²) in [5.74, 6) is -0.698. The molecule has 6 heteroatoms. The van der Waals surface area contributed by atoms with Crippen molar-refractivity contribution in [2.45, 2.75) is 25.7 Å². The zero-order valence-electron chi connectivity index (χ0n) is 14.3. The number of likely N-dealkylation sites (N-methyl/N-ethyl adjacent to an activating group) is 1. The molecule has 1 aromatic carbocycles. The monoisotopic (exact) mass is 335 g/mol. The smallest absolute Gasteiger partial charge is 0.227 e. The number of hydrogen-bond acceptors (Lipinski definition) is 3. The molecule has 1 aliphatic carbocycles. The molecule has 0 radical (unpaired) electrons. The maximum atomic E-state index is 13.6. The van der Waals surface area contributed by atoms with Crippen molar-refractivity contribution >= 4 is 17.5 Å². The third-order valence-corrected chi connectivity index (χ3v) is 4.46. The minimum atomic E-state index is -0.431. The zero-order chi connectivity index (χ0) is 17.5. The van der Waals surface area contributed by atoms with Crippen LogP contribution in [0.3, 0.4) is 0 Å². The van der Waals surface area contributed by atoms with Crippen molar-refractivity contribution in [3.05, 3.63) is 30.1 Å². The lowest BCUT2D eigenvalue weighted by Crippen LogP contribution is -2.38. The summed E-state index contributed by atoms with van der Waals surface area (Å²) >= 11 is 0. The fourth-order valence-corrected chi connectivity index (χ4v) is 2.96. The molecule has 2 amide bonds. The summed E-state index contributed by atoms with van der Waals surface area (Å²) in [6, 6.07) is 6.15. The first-order valence-electron chi connectivity index (χ1n) is 8.45. The number of rotatable bonds is 6. The molecule has 132 valence electrons. The van der Waals surface area contributed by atoms with Crippen LogP contribution in [-0.2, 0) is 9.59 Å². The van der Waals surface area contributed by atoms with Crippen LogP contribution < -0.4 is 10.6 Å².